The highest BCUT2D eigenvalue weighted by Crippen LogP contribution is 2.34. The first kappa shape index (κ1) is 15.2. The molecule has 0 fully saturated rings. The van der Waals surface area contributed by atoms with Crippen molar-refractivity contribution in [3.05, 3.63) is 95.7 Å². The minimum absolute atomic E-state index is 1.10. The number of hydrogen-bond acceptors (Lipinski definition) is 0. The molecule has 0 aliphatic heterocycles. The van der Waals surface area contributed by atoms with E-state index in [0.29, 0.717) is 0 Å². The first-order chi connectivity index (χ1) is 12.8. The van der Waals surface area contributed by atoms with Gasteiger partial charge >= 0.3 is 0 Å². The van der Waals surface area contributed by atoms with Gasteiger partial charge in [0.15, 0.2) is 0 Å². The molecule has 1 heteroatoms. The third-order valence-corrected chi connectivity index (χ3v) is 5.33. The lowest BCUT2D eigenvalue weighted by molar-refractivity contribution is 0.888. The average Bonchev–Trinajstić information content (AvgIpc) is 3.02. The van der Waals surface area contributed by atoms with Crippen molar-refractivity contribution in [2.75, 3.05) is 0 Å². The number of aryl methyl sites for hydroxylation is 1. The molecular weight excluding hydrogens is 314 g/mol. The minimum Gasteiger partial charge on any atom is -0.313 e. The second-order valence-electron chi connectivity index (χ2n) is 7.07. The quantitative estimate of drug-likeness (QED) is 0.390. The molecule has 0 N–H and O–H groups in total. The maximum absolute atomic E-state index is 2.45. The molecule has 1 aliphatic carbocycles. The Morgan fingerprint density at radius 2 is 1.58 bits per heavy atom. The van der Waals surface area contributed by atoms with E-state index in [4.69, 9.17) is 0 Å². The summed E-state index contributed by atoms with van der Waals surface area (Å²) in [6.45, 7) is 2.17. The Kier molecular flexibility index (Phi) is 3.53. The zero-order chi connectivity index (χ0) is 17.5. The van der Waals surface area contributed by atoms with Crippen molar-refractivity contribution in [2.45, 2.75) is 19.8 Å². The molecule has 1 aliphatic rings. The van der Waals surface area contributed by atoms with E-state index in [0.717, 1.165) is 12.8 Å². The number of fused-ring (bicyclic) bond motifs is 3. The summed E-state index contributed by atoms with van der Waals surface area (Å²) in [5.41, 5.74) is 9.20. The summed E-state index contributed by atoms with van der Waals surface area (Å²) >= 11 is 0. The van der Waals surface area contributed by atoms with Gasteiger partial charge in [-0.1, -0.05) is 66.7 Å². The largest absolute Gasteiger partial charge is 0.313 e. The summed E-state index contributed by atoms with van der Waals surface area (Å²) in [6, 6.07) is 26.3. The highest BCUT2D eigenvalue weighted by Gasteiger charge is 2.18. The Balaban J connectivity index is 1.70. The van der Waals surface area contributed by atoms with Gasteiger partial charge in [-0.05, 0) is 54.7 Å². The Hall–Kier alpha value is -3.06. The van der Waals surface area contributed by atoms with Crippen molar-refractivity contribution >= 4 is 17.0 Å². The highest BCUT2D eigenvalue weighted by molar-refractivity contribution is 5.93. The predicted octanol–water partition coefficient (Wildman–Crippen LogP) is 6.57. The number of rotatable bonds is 2. The summed E-state index contributed by atoms with van der Waals surface area (Å²) in [6.07, 6.45) is 6.81. The molecule has 0 atom stereocenters. The van der Waals surface area contributed by atoms with Crippen molar-refractivity contribution in [1.82, 2.24) is 4.57 Å². The molecular formula is C25H21N. The number of nitrogens with zero attached hydrogens (tertiary/aromatic N) is 1. The van der Waals surface area contributed by atoms with Crippen molar-refractivity contribution in [2.24, 2.45) is 0 Å². The fraction of sp³-hybridized carbons (Fsp3) is 0.120. The second kappa shape index (κ2) is 6.03. The molecule has 126 valence electrons. The summed E-state index contributed by atoms with van der Waals surface area (Å²) < 4.78 is 2.45. The lowest BCUT2D eigenvalue weighted by Gasteiger charge is -2.14. The third-order valence-electron chi connectivity index (χ3n) is 5.33. The normalized spacial score (nSPS) is 13.1. The van der Waals surface area contributed by atoms with E-state index < -0.39 is 0 Å². The smallest absolute Gasteiger partial charge is 0.0540 e. The lowest BCUT2D eigenvalue weighted by atomic mass is 10.0. The Labute approximate surface area is 154 Å². The molecule has 5 rings (SSSR count). The Morgan fingerprint density at radius 3 is 2.38 bits per heavy atom. The van der Waals surface area contributed by atoms with E-state index in [2.05, 4.69) is 96.4 Å². The molecule has 1 heterocycles. The first-order valence-corrected chi connectivity index (χ1v) is 9.27. The molecule has 0 amide bonds. The van der Waals surface area contributed by atoms with Gasteiger partial charge in [0, 0.05) is 22.3 Å². The average molecular weight is 335 g/mol. The SMILES string of the molecule is Cc1ccc2c3c(n(-c4ccc(-c5ccccc5)cc4)c2c1)CCC=C3. The highest BCUT2D eigenvalue weighted by atomic mass is 15.0. The summed E-state index contributed by atoms with van der Waals surface area (Å²) in [7, 11) is 0. The van der Waals surface area contributed by atoms with Crippen LogP contribution < -0.4 is 0 Å². The van der Waals surface area contributed by atoms with Gasteiger partial charge in [-0.15, -0.1) is 0 Å². The molecule has 3 aromatic carbocycles. The molecule has 26 heavy (non-hydrogen) atoms. The molecule has 0 radical (unpaired) electrons. The van der Waals surface area contributed by atoms with Crippen molar-refractivity contribution < 1.29 is 0 Å². The van der Waals surface area contributed by atoms with Gasteiger partial charge in [-0.3, -0.25) is 0 Å². The van der Waals surface area contributed by atoms with Crippen LogP contribution in [0, 0.1) is 6.92 Å². The predicted molar refractivity (Wildman–Crippen MR) is 111 cm³/mol. The van der Waals surface area contributed by atoms with E-state index in [-0.39, 0.29) is 0 Å². The molecule has 1 aromatic heterocycles. The van der Waals surface area contributed by atoms with Crippen LogP contribution in [0.5, 0.6) is 0 Å². The molecule has 1 nitrogen and oxygen atoms in total. The van der Waals surface area contributed by atoms with Crippen LogP contribution in [-0.2, 0) is 6.42 Å². The van der Waals surface area contributed by atoms with Crippen LogP contribution in [0.25, 0.3) is 33.8 Å². The van der Waals surface area contributed by atoms with E-state index in [1.807, 2.05) is 0 Å². The molecule has 0 bridgehead atoms. The third kappa shape index (κ3) is 2.40. The number of hydrogen-bond donors (Lipinski definition) is 0. The zero-order valence-corrected chi connectivity index (χ0v) is 14.9. The molecule has 0 saturated carbocycles. The van der Waals surface area contributed by atoms with Gasteiger partial charge < -0.3 is 4.57 Å². The van der Waals surface area contributed by atoms with Gasteiger partial charge in [0.25, 0.3) is 0 Å². The van der Waals surface area contributed by atoms with Gasteiger partial charge in [-0.2, -0.15) is 0 Å². The van der Waals surface area contributed by atoms with Gasteiger partial charge in [0.05, 0.1) is 5.52 Å². The van der Waals surface area contributed by atoms with Crippen LogP contribution >= 0.6 is 0 Å². The van der Waals surface area contributed by atoms with E-state index in [1.165, 1.54) is 44.5 Å². The molecule has 0 spiro atoms. The Bertz CT molecular complexity index is 1110. The first-order valence-electron chi connectivity index (χ1n) is 9.27. The van der Waals surface area contributed by atoms with Crippen LogP contribution in [0.15, 0.2) is 78.9 Å². The molecule has 0 saturated heterocycles. The minimum atomic E-state index is 1.10. The van der Waals surface area contributed by atoms with Crippen molar-refractivity contribution in [3.63, 3.8) is 0 Å². The Morgan fingerprint density at radius 1 is 0.808 bits per heavy atom. The number of benzene rings is 3. The number of aromatic nitrogens is 1. The van der Waals surface area contributed by atoms with Crippen LogP contribution in [0.3, 0.4) is 0 Å². The molecule has 0 unspecified atom stereocenters. The zero-order valence-electron chi connectivity index (χ0n) is 14.9. The van der Waals surface area contributed by atoms with Crippen LogP contribution in [-0.4, -0.2) is 4.57 Å². The molecule has 4 aromatic rings. The second-order valence-corrected chi connectivity index (χ2v) is 7.07. The van der Waals surface area contributed by atoms with Gasteiger partial charge in [0.1, 0.15) is 0 Å². The lowest BCUT2D eigenvalue weighted by Crippen LogP contribution is -2.02. The maximum Gasteiger partial charge on any atom is 0.0540 e. The van der Waals surface area contributed by atoms with Crippen molar-refractivity contribution in [3.8, 4) is 16.8 Å². The van der Waals surface area contributed by atoms with Crippen LogP contribution in [0.4, 0.5) is 0 Å². The van der Waals surface area contributed by atoms with Gasteiger partial charge in [-0.25, -0.2) is 0 Å². The fourth-order valence-corrected chi connectivity index (χ4v) is 4.06. The van der Waals surface area contributed by atoms with Crippen LogP contribution in [0.2, 0.25) is 0 Å². The van der Waals surface area contributed by atoms with Gasteiger partial charge in [0.2, 0.25) is 0 Å². The monoisotopic (exact) mass is 335 g/mol. The van der Waals surface area contributed by atoms with Crippen molar-refractivity contribution in [1.29, 1.82) is 0 Å². The van der Waals surface area contributed by atoms with E-state index in [1.54, 1.807) is 0 Å². The maximum atomic E-state index is 2.45. The van der Waals surface area contributed by atoms with E-state index >= 15 is 0 Å². The summed E-state index contributed by atoms with van der Waals surface area (Å²) in [5.74, 6) is 0. The topological polar surface area (TPSA) is 4.93 Å². The summed E-state index contributed by atoms with van der Waals surface area (Å²) in [5, 5.41) is 1.36. The fourth-order valence-electron chi connectivity index (χ4n) is 4.06. The van der Waals surface area contributed by atoms with Crippen LogP contribution in [0.1, 0.15) is 23.2 Å². The number of allylic oxidation sites excluding steroid dienone is 1. The summed E-state index contributed by atoms with van der Waals surface area (Å²) in [4.78, 5) is 0. The standard InChI is InChI=1S/C25H21N/c1-18-11-16-23-22-9-5-6-10-24(22)26(25(23)17-18)21-14-12-20(13-15-21)19-7-3-2-4-8-19/h2-5,7-9,11-17H,6,10H2,1H3. The van der Waals surface area contributed by atoms with E-state index in [9.17, 15) is 0 Å².